The molecule has 1 fully saturated rings. The van der Waals surface area contributed by atoms with Crippen LogP contribution in [0.1, 0.15) is 43.0 Å². The summed E-state index contributed by atoms with van der Waals surface area (Å²) in [6.07, 6.45) is 4.06. The number of nitrogens with one attached hydrogen (secondary N) is 2. The molecule has 0 saturated heterocycles. The predicted octanol–water partition coefficient (Wildman–Crippen LogP) is 3.07. The Kier molecular flexibility index (Phi) is 8.27. The number of sulfonamides is 1. The molecule has 0 radical (unpaired) electrons. The van der Waals surface area contributed by atoms with E-state index < -0.39 is 34.5 Å². The maximum Gasteiger partial charge on any atom is 0.338 e. The van der Waals surface area contributed by atoms with Gasteiger partial charge in [0.25, 0.3) is 15.9 Å². The summed E-state index contributed by atoms with van der Waals surface area (Å²) in [4.78, 5) is 36.3. The number of amides is 3. The van der Waals surface area contributed by atoms with Gasteiger partial charge in [-0.25, -0.2) is 18.0 Å². The van der Waals surface area contributed by atoms with Crippen LogP contribution in [-0.4, -0.2) is 46.0 Å². The van der Waals surface area contributed by atoms with Crippen LogP contribution in [0, 0.1) is 5.92 Å². The van der Waals surface area contributed by atoms with E-state index in [1.807, 2.05) is 0 Å². The lowest BCUT2D eigenvalue weighted by Gasteiger charge is -2.29. The van der Waals surface area contributed by atoms with Gasteiger partial charge in [0.2, 0.25) is 0 Å². The van der Waals surface area contributed by atoms with E-state index in [1.165, 1.54) is 31.3 Å². The van der Waals surface area contributed by atoms with Gasteiger partial charge in [-0.15, -0.1) is 0 Å². The van der Waals surface area contributed by atoms with Gasteiger partial charge in [-0.05, 0) is 55.2 Å². The van der Waals surface area contributed by atoms with E-state index in [0.717, 1.165) is 30.0 Å². The second kappa shape index (κ2) is 11.1. The summed E-state index contributed by atoms with van der Waals surface area (Å²) in [6.45, 7) is 1.42. The molecule has 0 aromatic heterocycles. The van der Waals surface area contributed by atoms with Gasteiger partial charge < -0.3 is 10.1 Å². The van der Waals surface area contributed by atoms with Crippen molar-refractivity contribution in [1.82, 2.24) is 10.6 Å². The van der Waals surface area contributed by atoms with Crippen LogP contribution in [0.25, 0.3) is 0 Å². The quantitative estimate of drug-likeness (QED) is 0.579. The zero-order chi connectivity index (χ0) is 24.7. The van der Waals surface area contributed by atoms with Gasteiger partial charge in [-0.1, -0.05) is 38.0 Å². The molecule has 3 amide bonds. The highest BCUT2D eigenvalue weighted by molar-refractivity contribution is 7.92. The number of hydrogen-bond acceptors (Lipinski definition) is 6. The molecule has 0 heterocycles. The third kappa shape index (κ3) is 6.34. The molecular weight excluding hydrogens is 458 g/mol. The highest BCUT2D eigenvalue weighted by atomic mass is 32.2. The topological polar surface area (TPSA) is 122 Å². The van der Waals surface area contributed by atoms with Crippen molar-refractivity contribution in [2.45, 2.75) is 43.5 Å². The molecule has 10 heteroatoms. The molecule has 2 aromatic rings. The van der Waals surface area contributed by atoms with E-state index in [4.69, 9.17) is 4.74 Å². The van der Waals surface area contributed by atoms with Crippen LogP contribution >= 0.6 is 0 Å². The summed E-state index contributed by atoms with van der Waals surface area (Å²) in [5.41, 5.74) is 0.577. The highest BCUT2D eigenvalue weighted by Gasteiger charge is 2.24. The molecule has 2 N–H and O–H groups in total. The van der Waals surface area contributed by atoms with Crippen molar-refractivity contribution in [3.05, 3.63) is 60.2 Å². The zero-order valence-electron chi connectivity index (χ0n) is 19.2. The fraction of sp³-hybridized carbons (Fsp3) is 0.375. The van der Waals surface area contributed by atoms with Crippen molar-refractivity contribution in [2.24, 2.45) is 5.92 Å². The molecule has 1 aliphatic carbocycles. The third-order valence-electron chi connectivity index (χ3n) is 5.88. The number of hydrogen-bond donors (Lipinski definition) is 2. The lowest BCUT2D eigenvalue weighted by atomic mass is 9.86. The summed E-state index contributed by atoms with van der Waals surface area (Å²) < 4.78 is 31.7. The first-order valence-electron chi connectivity index (χ1n) is 11.1. The van der Waals surface area contributed by atoms with Crippen LogP contribution in [0.5, 0.6) is 0 Å². The van der Waals surface area contributed by atoms with Gasteiger partial charge >= 0.3 is 12.0 Å². The minimum Gasteiger partial charge on any atom is -0.452 e. The Hall–Kier alpha value is -3.40. The number of esters is 1. The van der Waals surface area contributed by atoms with E-state index in [-0.39, 0.29) is 16.5 Å². The summed E-state index contributed by atoms with van der Waals surface area (Å²) in [6, 6.07) is 13.2. The monoisotopic (exact) mass is 487 g/mol. The summed E-state index contributed by atoms with van der Waals surface area (Å²) >= 11 is 0. The summed E-state index contributed by atoms with van der Waals surface area (Å²) in [5, 5.41) is 4.95. The predicted molar refractivity (Wildman–Crippen MR) is 127 cm³/mol. The fourth-order valence-corrected chi connectivity index (χ4v) is 5.01. The molecule has 9 nitrogen and oxygen atoms in total. The van der Waals surface area contributed by atoms with Crippen LogP contribution in [0.4, 0.5) is 10.5 Å². The molecule has 1 aliphatic rings. The summed E-state index contributed by atoms with van der Waals surface area (Å²) in [5.74, 6) is -1.22. The lowest BCUT2D eigenvalue weighted by Crippen LogP contribution is -2.48. The van der Waals surface area contributed by atoms with Crippen molar-refractivity contribution >= 4 is 33.6 Å². The largest absolute Gasteiger partial charge is 0.452 e. The molecule has 2 unspecified atom stereocenters. The molecule has 0 bridgehead atoms. The Morgan fingerprint density at radius 2 is 1.65 bits per heavy atom. The molecule has 3 rings (SSSR count). The average molecular weight is 488 g/mol. The number of nitrogens with zero attached hydrogens (tertiary/aromatic N) is 1. The first-order valence-corrected chi connectivity index (χ1v) is 12.5. The number of benzene rings is 2. The smallest absolute Gasteiger partial charge is 0.338 e. The van der Waals surface area contributed by atoms with Crippen molar-refractivity contribution in [1.29, 1.82) is 0 Å². The van der Waals surface area contributed by atoms with E-state index in [2.05, 4.69) is 17.6 Å². The molecule has 2 aromatic carbocycles. The van der Waals surface area contributed by atoms with E-state index in [1.54, 1.807) is 30.3 Å². The first kappa shape index (κ1) is 25.2. The third-order valence-corrected chi connectivity index (χ3v) is 7.68. The number of carbonyl (C=O) groups is 3. The molecule has 0 aliphatic heterocycles. The van der Waals surface area contributed by atoms with Gasteiger partial charge in [0, 0.05) is 13.1 Å². The number of anilines is 1. The second-order valence-electron chi connectivity index (χ2n) is 8.30. The standard InChI is InChI=1S/C24H29N3O6S/c1-17-8-6-7-11-21(17)25-24(30)26-22(28)16-33-23(29)18-12-14-20(15-13-18)34(31,32)27(2)19-9-4-3-5-10-19/h3-5,9-10,12-15,17,21H,6-8,11,16H2,1-2H3,(H2,25,26,28,30). The Morgan fingerprint density at radius 3 is 2.29 bits per heavy atom. The number of ether oxygens (including phenoxy) is 1. The molecule has 1 saturated carbocycles. The van der Waals surface area contributed by atoms with Crippen LogP contribution in [0.15, 0.2) is 59.5 Å². The van der Waals surface area contributed by atoms with Crippen molar-refractivity contribution < 1.29 is 27.5 Å². The minimum atomic E-state index is -3.82. The molecule has 182 valence electrons. The summed E-state index contributed by atoms with van der Waals surface area (Å²) in [7, 11) is -2.38. The Morgan fingerprint density at radius 1 is 1.00 bits per heavy atom. The van der Waals surface area contributed by atoms with Crippen LogP contribution in [-0.2, 0) is 19.6 Å². The van der Waals surface area contributed by atoms with Crippen LogP contribution < -0.4 is 14.9 Å². The van der Waals surface area contributed by atoms with Crippen LogP contribution in [0.2, 0.25) is 0 Å². The normalized spacial score (nSPS) is 17.9. The number of carbonyl (C=O) groups excluding carboxylic acids is 3. The minimum absolute atomic E-state index is 0.00163. The zero-order valence-corrected chi connectivity index (χ0v) is 20.0. The average Bonchev–Trinajstić information content (AvgIpc) is 2.84. The van der Waals surface area contributed by atoms with Crippen molar-refractivity contribution in [3.8, 4) is 0 Å². The number of rotatable bonds is 7. The van der Waals surface area contributed by atoms with E-state index in [0.29, 0.717) is 11.6 Å². The van der Waals surface area contributed by atoms with E-state index >= 15 is 0 Å². The van der Waals surface area contributed by atoms with Gasteiger partial charge in [-0.3, -0.25) is 14.4 Å². The molecule has 34 heavy (non-hydrogen) atoms. The fourth-order valence-electron chi connectivity index (χ4n) is 3.81. The van der Waals surface area contributed by atoms with Gasteiger partial charge in [0.15, 0.2) is 6.61 Å². The molecule has 2 atom stereocenters. The highest BCUT2D eigenvalue weighted by Crippen LogP contribution is 2.24. The molecule has 0 spiro atoms. The first-order chi connectivity index (χ1) is 16.2. The Labute approximate surface area is 199 Å². The maximum absolute atomic E-state index is 12.8. The van der Waals surface area contributed by atoms with Crippen molar-refractivity contribution in [3.63, 3.8) is 0 Å². The molecular formula is C24H29N3O6S. The Balaban J connectivity index is 1.51. The van der Waals surface area contributed by atoms with Gasteiger partial charge in [0.05, 0.1) is 16.1 Å². The van der Waals surface area contributed by atoms with Crippen molar-refractivity contribution in [2.75, 3.05) is 18.0 Å². The number of urea groups is 1. The van der Waals surface area contributed by atoms with E-state index in [9.17, 15) is 22.8 Å². The van der Waals surface area contributed by atoms with Gasteiger partial charge in [-0.2, -0.15) is 0 Å². The van der Waals surface area contributed by atoms with Gasteiger partial charge in [0.1, 0.15) is 0 Å². The Bertz CT molecular complexity index is 1120. The van der Waals surface area contributed by atoms with Crippen LogP contribution in [0.3, 0.4) is 0 Å². The number of para-hydroxylation sites is 1. The lowest BCUT2D eigenvalue weighted by molar-refractivity contribution is -0.123. The maximum atomic E-state index is 12.8. The number of imide groups is 1. The second-order valence-corrected chi connectivity index (χ2v) is 10.3. The SMILES string of the molecule is CC1CCCCC1NC(=O)NC(=O)COC(=O)c1ccc(S(=O)(=O)N(C)c2ccccc2)cc1.